The highest BCUT2D eigenvalue weighted by molar-refractivity contribution is 6.38. The van der Waals surface area contributed by atoms with Crippen molar-refractivity contribution < 1.29 is 10.0 Å². The van der Waals surface area contributed by atoms with Gasteiger partial charge in [-0.1, -0.05) is 29.3 Å². The first-order chi connectivity index (χ1) is 8.50. The van der Waals surface area contributed by atoms with Crippen molar-refractivity contribution in [2.45, 2.75) is 0 Å². The molecule has 0 amide bonds. The molecule has 1 N–H and O–H groups in total. The monoisotopic (exact) mass is 283 g/mol. The Balaban J connectivity index is 2.49. The Morgan fingerprint density at radius 3 is 2.22 bits per heavy atom. The third-order valence-electron chi connectivity index (χ3n) is 2.46. The molecule has 18 heavy (non-hydrogen) atoms. The number of nitrogens with zero attached hydrogens (tertiary/aromatic N) is 1. The summed E-state index contributed by atoms with van der Waals surface area (Å²) < 4.78 is 0. The lowest BCUT2D eigenvalue weighted by Gasteiger charge is -2.07. The lowest BCUT2D eigenvalue weighted by molar-refractivity contribution is -0.384. The normalized spacial score (nSPS) is 10.3. The predicted octanol–water partition coefficient (Wildman–Crippen LogP) is 4.27. The molecule has 92 valence electrons. The van der Waals surface area contributed by atoms with Gasteiger partial charge in [-0.25, -0.2) is 0 Å². The molecule has 0 bridgehead atoms. The van der Waals surface area contributed by atoms with E-state index in [1.807, 2.05) is 0 Å². The van der Waals surface area contributed by atoms with Crippen LogP contribution in [0.15, 0.2) is 36.4 Å². The fourth-order valence-corrected chi connectivity index (χ4v) is 2.01. The molecule has 6 heteroatoms. The quantitative estimate of drug-likeness (QED) is 0.661. The number of non-ortho nitro benzene ring substituents is 1. The summed E-state index contributed by atoms with van der Waals surface area (Å²) >= 11 is 11.7. The molecule has 2 aromatic rings. The van der Waals surface area contributed by atoms with E-state index in [4.69, 9.17) is 23.2 Å². The lowest BCUT2D eigenvalue weighted by atomic mass is 10.1. The molecule has 0 saturated carbocycles. The van der Waals surface area contributed by atoms with Gasteiger partial charge in [-0.2, -0.15) is 0 Å². The molecule has 0 fully saturated rings. The maximum Gasteiger partial charge on any atom is 0.269 e. The molecule has 0 heterocycles. The van der Waals surface area contributed by atoms with Gasteiger partial charge in [0, 0.05) is 17.7 Å². The van der Waals surface area contributed by atoms with Crippen LogP contribution in [0.2, 0.25) is 10.0 Å². The van der Waals surface area contributed by atoms with Crippen LogP contribution in [-0.2, 0) is 0 Å². The van der Waals surface area contributed by atoms with Crippen molar-refractivity contribution in [1.82, 2.24) is 0 Å². The number of aromatic hydroxyl groups is 1. The SMILES string of the molecule is O=[N+]([O-])c1ccc(-c2ccc(Cl)c(O)c2Cl)cc1. The minimum absolute atomic E-state index is 0.00643. The molecule has 0 atom stereocenters. The Morgan fingerprint density at radius 2 is 1.67 bits per heavy atom. The van der Waals surface area contributed by atoms with E-state index in [1.165, 1.54) is 18.2 Å². The van der Waals surface area contributed by atoms with Crippen LogP contribution < -0.4 is 0 Å². The van der Waals surface area contributed by atoms with Crippen LogP contribution in [0.3, 0.4) is 0 Å². The van der Waals surface area contributed by atoms with Crippen LogP contribution in [0.4, 0.5) is 5.69 Å². The highest BCUT2D eigenvalue weighted by Crippen LogP contribution is 2.39. The van der Waals surface area contributed by atoms with Crippen LogP contribution in [0.25, 0.3) is 11.1 Å². The number of halogens is 2. The third-order valence-corrected chi connectivity index (χ3v) is 3.14. The van der Waals surface area contributed by atoms with E-state index >= 15 is 0 Å². The smallest absolute Gasteiger partial charge is 0.269 e. The number of nitro benzene ring substituents is 1. The summed E-state index contributed by atoms with van der Waals surface area (Å²) in [5, 5.41) is 20.4. The second kappa shape index (κ2) is 4.84. The first kappa shape index (κ1) is 12.7. The summed E-state index contributed by atoms with van der Waals surface area (Å²) in [4.78, 5) is 10.1. The Kier molecular flexibility index (Phi) is 3.41. The molecule has 0 unspecified atom stereocenters. The van der Waals surface area contributed by atoms with Crippen molar-refractivity contribution in [1.29, 1.82) is 0 Å². The van der Waals surface area contributed by atoms with Gasteiger partial charge in [-0.3, -0.25) is 10.1 Å². The van der Waals surface area contributed by atoms with E-state index in [1.54, 1.807) is 18.2 Å². The number of nitro groups is 1. The number of hydrogen-bond acceptors (Lipinski definition) is 3. The molecule has 0 saturated heterocycles. The topological polar surface area (TPSA) is 63.4 Å². The number of benzene rings is 2. The molecule has 0 aliphatic rings. The summed E-state index contributed by atoms with van der Waals surface area (Å²) in [6.07, 6.45) is 0. The zero-order valence-corrected chi connectivity index (χ0v) is 10.4. The average Bonchev–Trinajstić information content (AvgIpc) is 2.36. The van der Waals surface area contributed by atoms with Gasteiger partial charge in [0.1, 0.15) is 0 Å². The Bertz CT molecular complexity index is 611. The number of rotatable bonds is 2. The first-order valence-electron chi connectivity index (χ1n) is 4.92. The Morgan fingerprint density at radius 1 is 1.06 bits per heavy atom. The second-order valence-corrected chi connectivity index (χ2v) is 4.35. The molecule has 2 aromatic carbocycles. The maximum absolute atomic E-state index is 10.5. The molecule has 0 aromatic heterocycles. The van der Waals surface area contributed by atoms with Gasteiger partial charge in [0.15, 0.2) is 5.75 Å². The summed E-state index contributed by atoms with van der Waals surface area (Å²) in [6, 6.07) is 9.03. The van der Waals surface area contributed by atoms with E-state index in [9.17, 15) is 15.2 Å². The van der Waals surface area contributed by atoms with Crippen molar-refractivity contribution >= 4 is 28.9 Å². The van der Waals surface area contributed by atoms with E-state index in [2.05, 4.69) is 0 Å². The maximum atomic E-state index is 10.5. The standard InChI is InChI=1S/C12H7Cl2NO3/c13-10-6-5-9(11(14)12(10)16)7-1-3-8(4-2-7)15(17)18/h1-6,16H. The van der Waals surface area contributed by atoms with E-state index in [0.717, 1.165) is 0 Å². The summed E-state index contributed by atoms with van der Waals surface area (Å²) in [5.74, 6) is -0.200. The first-order valence-corrected chi connectivity index (χ1v) is 5.68. The van der Waals surface area contributed by atoms with E-state index in [0.29, 0.717) is 11.1 Å². The minimum Gasteiger partial charge on any atom is -0.505 e. The van der Waals surface area contributed by atoms with Gasteiger partial charge >= 0.3 is 0 Å². The van der Waals surface area contributed by atoms with Crippen molar-refractivity contribution in [2.24, 2.45) is 0 Å². The lowest BCUT2D eigenvalue weighted by Crippen LogP contribution is -1.87. The van der Waals surface area contributed by atoms with Gasteiger partial charge in [-0.05, 0) is 23.8 Å². The molecule has 0 spiro atoms. The summed E-state index contributed by atoms with van der Waals surface area (Å²) in [6.45, 7) is 0. The fraction of sp³-hybridized carbons (Fsp3) is 0. The molecule has 4 nitrogen and oxygen atoms in total. The second-order valence-electron chi connectivity index (χ2n) is 3.56. The highest BCUT2D eigenvalue weighted by Gasteiger charge is 2.12. The number of phenolic OH excluding ortho intramolecular Hbond substituents is 1. The largest absolute Gasteiger partial charge is 0.505 e. The van der Waals surface area contributed by atoms with Crippen LogP contribution in [0, 0.1) is 10.1 Å². The molecule has 0 aliphatic carbocycles. The van der Waals surface area contributed by atoms with E-state index < -0.39 is 4.92 Å². The number of hydrogen-bond donors (Lipinski definition) is 1. The highest BCUT2D eigenvalue weighted by atomic mass is 35.5. The van der Waals surface area contributed by atoms with Gasteiger partial charge in [-0.15, -0.1) is 0 Å². The minimum atomic E-state index is -0.481. The van der Waals surface area contributed by atoms with Gasteiger partial charge in [0.25, 0.3) is 5.69 Å². The Labute approximate surface area is 113 Å². The zero-order valence-electron chi connectivity index (χ0n) is 8.93. The van der Waals surface area contributed by atoms with Crippen LogP contribution in [0.5, 0.6) is 5.75 Å². The van der Waals surface area contributed by atoms with Crippen LogP contribution in [0.1, 0.15) is 0 Å². The van der Waals surface area contributed by atoms with Gasteiger partial charge < -0.3 is 5.11 Å². The average molecular weight is 284 g/mol. The van der Waals surface area contributed by atoms with Crippen molar-refractivity contribution in [2.75, 3.05) is 0 Å². The fourth-order valence-electron chi connectivity index (χ4n) is 1.53. The predicted molar refractivity (Wildman–Crippen MR) is 70.2 cm³/mol. The summed E-state index contributed by atoms with van der Waals surface area (Å²) in [7, 11) is 0. The molecule has 0 aliphatic heterocycles. The van der Waals surface area contributed by atoms with Gasteiger partial charge in [0.2, 0.25) is 0 Å². The number of phenols is 1. The zero-order chi connectivity index (χ0) is 13.3. The molecule has 0 radical (unpaired) electrons. The van der Waals surface area contributed by atoms with Crippen LogP contribution >= 0.6 is 23.2 Å². The van der Waals surface area contributed by atoms with E-state index in [-0.39, 0.29) is 21.5 Å². The van der Waals surface area contributed by atoms with Crippen LogP contribution in [-0.4, -0.2) is 10.0 Å². The summed E-state index contributed by atoms with van der Waals surface area (Å²) in [5.41, 5.74) is 1.22. The van der Waals surface area contributed by atoms with Crippen molar-refractivity contribution in [3.63, 3.8) is 0 Å². The third kappa shape index (κ3) is 2.25. The van der Waals surface area contributed by atoms with Crippen molar-refractivity contribution in [3.8, 4) is 16.9 Å². The molecular weight excluding hydrogens is 277 g/mol. The molecular formula is C12H7Cl2NO3. The Hall–Kier alpha value is -1.78. The van der Waals surface area contributed by atoms with Crippen molar-refractivity contribution in [3.05, 3.63) is 56.6 Å². The van der Waals surface area contributed by atoms with Gasteiger partial charge in [0.05, 0.1) is 15.0 Å². The molecule has 2 rings (SSSR count).